The molecular weight excluding hydrogens is 392 g/mol. The van der Waals surface area contributed by atoms with E-state index in [2.05, 4.69) is 0 Å². The molecule has 1 aromatic heterocycles. The molecule has 6 nitrogen and oxygen atoms in total. The Kier molecular flexibility index (Phi) is 6.59. The lowest BCUT2D eigenvalue weighted by molar-refractivity contribution is -0.0150. The first-order valence-corrected chi connectivity index (χ1v) is 10.9. The van der Waals surface area contributed by atoms with Crippen LogP contribution in [0.1, 0.15) is 35.2 Å². The van der Waals surface area contributed by atoms with Gasteiger partial charge in [0.2, 0.25) is 0 Å². The summed E-state index contributed by atoms with van der Waals surface area (Å²) < 4.78 is 7.75. The van der Waals surface area contributed by atoms with Crippen LogP contribution in [-0.2, 0) is 13.5 Å². The van der Waals surface area contributed by atoms with Crippen molar-refractivity contribution >= 4 is 16.8 Å². The molecule has 164 valence electrons. The van der Waals surface area contributed by atoms with E-state index in [4.69, 9.17) is 4.74 Å². The Morgan fingerprint density at radius 2 is 1.77 bits per heavy atom. The highest BCUT2D eigenvalue weighted by Gasteiger charge is 2.24. The van der Waals surface area contributed by atoms with Gasteiger partial charge in [-0.1, -0.05) is 36.4 Å². The summed E-state index contributed by atoms with van der Waals surface area (Å²) in [5, 5.41) is 21.7. The molecular formula is C25H30N2O4. The average molecular weight is 423 g/mol. The smallest absolute Gasteiger partial charge is 0.256 e. The Bertz CT molecular complexity index is 1040. The Labute approximate surface area is 182 Å². The Balaban J connectivity index is 1.56. The quantitative estimate of drug-likeness (QED) is 0.632. The third-order valence-electron chi connectivity index (χ3n) is 6.06. The first-order chi connectivity index (χ1) is 15.0. The molecule has 0 unspecified atom stereocenters. The third kappa shape index (κ3) is 4.75. The Hall–Kier alpha value is -2.83. The van der Waals surface area contributed by atoms with Crippen LogP contribution in [0.3, 0.4) is 0 Å². The summed E-state index contributed by atoms with van der Waals surface area (Å²) in [6, 6.07) is 15.7. The van der Waals surface area contributed by atoms with Crippen LogP contribution in [-0.4, -0.2) is 57.5 Å². The molecule has 2 atom stereocenters. The molecule has 2 aromatic carbocycles. The molecule has 4 rings (SSSR count). The van der Waals surface area contributed by atoms with Gasteiger partial charge in [0.25, 0.3) is 5.91 Å². The minimum absolute atomic E-state index is 0.0233. The van der Waals surface area contributed by atoms with Gasteiger partial charge in [0.15, 0.2) is 0 Å². The molecule has 3 aromatic rings. The van der Waals surface area contributed by atoms with Crippen molar-refractivity contribution in [3.63, 3.8) is 0 Å². The number of amides is 1. The van der Waals surface area contributed by atoms with E-state index in [0.29, 0.717) is 25.1 Å². The molecule has 0 fully saturated rings. The molecule has 31 heavy (non-hydrogen) atoms. The van der Waals surface area contributed by atoms with Crippen molar-refractivity contribution in [2.45, 2.75) is 37.9 Å². The molecule has 2 heterocycles. The fraction of sp³-hybridized carbons (Fsp3) is 0.400. The summed E-state index contributed by atoms with van der Waals surface area (Å²) in [5.41, 5.74) is 2.77. The highest BCUT2D eigenvalue weighted by molar-refractivity contribution is 6.07. The van der Waals surface area contributed by atoms with Crippen LogP contribution in [0.15, 0.2) is 54.7 Å². The number of ether oxygens (including phenoxy) is 1. The molecule has 0 saturated heterocycles. The highest BCUT2D eigenvalue weighted by atomic mass is 16.5. The largest absolute Gasteiger partial charge is 0.491 e. The molecule has 1 aliphatic rings. The number of hydrogen-bond acceptors (Lipinski definition) is 4. The number of aliphatic hydroxyl groups is 2. The predicted octanol–water partition coefficient (Wildman–Crippen LogP) is 3.15. The summed E-state index contributed by atoms with van der Waals surface area (Å²) in [5.74, 6) is 0.710. The van der Waals surface area contributed by atoms with Crippen LogP contribution in [0, 0.1) is 0 Å². The summed E-state index contributed by atoms with van der Waals surface area (Å²) in [6.07, 6.45) is 2.81. The van der Waals surface area contributed by atoms with Gasteiger partial charge in [-0.05, 0) is 43.4 Å². The van der Waals surface area contributed by atoms with Gasteiger partial charge in [-0.25, -0.2) is 0 Å². The lowest BCUT2D eigenvalue weighted by Crippen LogP contribution is -2.38. The predicted molar refractivity (Wildman–Crippen MR) is 120 cm³/mol. The van der Waals surface area contributed by atoms with E-state index in [1.54, 1.807) is 0 Å². The summed E-state index contributed by atoms with van der Waals surface area (Å²) in [6.45, 7) is 1.01. The number of rotatable bonds is 1. The van der Waals surface area contributed by atoms with E-state index < -0.39 is 12.2 Å². The van der Waals surface area contributed by atoms with Gasteiger partial charge < -0.3 is 24.4 Å². The van der Waals surface area contributed by atoms with Crippen LogP contribution in [0.4, 0.5) is 0 Å². The van der Waals surface area contributed by atoms with Crippen LogP contribution in [0.2, 0.25) is 0 Å². The maximum Gasteiger partial charge on any atom is 0.256 e. The molecule has 1 aliphatic heterocycles. The SMILES string of the molecule is Cn1cc(C(=O)N2CCCCc3ccccc3OC[C@@H](O)[C@@H](O)CC2)c2ccccc21. The van der Waals surface area contributed by atoms with Gasteiger partial charge in [0.1, 0.15) is 18.5 Å². The minimum atomic E-state index is -1.01. The van der Waals surface area contributed by atoms with E-state index in [1.165, 1.54) is 0 Å². The molecule has 2 N–H and O–H groups in total. The monoisotopic (exact) mass is 422 g/mol. The van der Waals surface area contributed by atoms with Crippen molar-refractivity contribution in [2.75, 3.05) is 19.7 Å². The number of aromatic nitrogens is 1. The zero-order chi connectivity index (χ0) is 21.8. The standard InChI is InChI=1S/C25H30N2O4/c1-26-16-20(19-10-3-4-11-21(19)26)25(30)27-14-7-6-9-18-8-2-5-12-24(18)31-17-23(29)22(28)13-15-27/h2-5,8,10-12,16,22-23,28-29H,6-7,9,13-15,17H2,1H3/t22-,23+/m0/s1. The van der Waals surface area contributed by atoms with Crippen LogP contribution >= 0.6 is 0 Å². The number of aliphatic hydroxyl groups excluding tert-OH is 2. The summed E-state index contributed by atoms with van der Waals surface area (Å²) in [4.78, 5) is 15.3. The maximum absolute atomic E-state index is 13.4. The zero-order valence-electron chi connectivity index (χ0n) is 17.9. The topological polar surface area (TPSA) is 74.9 Å². The van der Waals surface area contributed by atoms with Crippen LogP contribution < -0.4 is 4.74 Å². The minimum Gasteiger partial charge on any atom is -0.491 e. The number of fused-ring (bicyclic) bond motifs is 2. The average Bonchev–Trinajstić information content (AvgIpc) is 3.13. The second kappa shape index (κ2) is 9.54. The van der Waals surface area contributed by atoms with Crippen molar-refractivity contribution in [1.29, 1.82) is 0 Å². The van der Waals surface area contributed by atoms with Crippen LogP contribution in [0.5, 0.6) is 5.75 Å². The zero-order valence-corrected chi connectivity index (χ0v) is 17.9. The van der Waals surface area contributed by atoms with E-state index in [1.807, 2.05) is 71.2 Å². The Morgan fingerprint density at radius 1 is 1.00 bits per heavy atom. The lowest BCUT2D eigenvalue weighted by Gasteiger charge is -2.25. The fourth-order valence-electron chi connectivity index (χ4n) is 4.23. The van der Waals surface area contributed by atoms with Gasteiger partial charge in [-0.3, -0.25) is 4.79 Å². The second-order valence-corrected chi connectivity index (χ2v) is 8.26. The number of aryl methyl sites for hydroxylation is 2. The van der Waals surface area contributed by atoms with Crippen molar-refractivity contribution in [2.24, 2.45) is 7.05 Å². The lowest BCUT2D eigenvalue weighted by atomic mass is 10.1. The number of para-hydroxylation sites is 2. The van der Waals surface area contributed by atoms with E-state index in [0.717, 1.165) is 41.5 Å². The molecule has 0 bridgehead atoms. The number of nitrogens with zero attached hydrogens (tertiary/aromatic N) is 2. The summed E-state index contributed by atoms with van der Waals surface area (Å²) >= 11 is 0. The number of benzene rings is 2. The van der Waals surface area contributed by atoms with Crippen molar-refractivity contribution in [1.82, 2.24) is 9.47 Å². The number of carbonyl (C=O) groups is 1. The Morgan fingerprint density at radius 3 is 2.65 bits per heavy atom. The van der Waals surface area contributed by atoms with Gasteiger partial charge in [-0.2, -0.15) is 0 Å². The van der Waals surface area contributed by atoms with Crippen LogP contribution in [0.25, 0.3) is 10.9 Å². The van der Waals surface area contributed by atoms with Gasteiger partial charge in [0, 0.05) is 37.2 Å². The normalized spacial score (nSPS) is 20.8. The first-order valence-electron chi connectivity index (χ1n) is 10.9. The third-order valence-corrected chi connectivity index (χ3v) is 6.06. The summed E-state index contributed by atoms with van der Waals surface area (Å²) in [7, 11) is 1.94. The number of carbonyl (C=O) groups excluding carboxylic acids is 1. The molecule has 0 saturated carbocycles. The van der Waals surface area contributed by atoms with Gasteiger partial charge >= 0.3 is 0 Å². The molecule has 0 radical (unpaired) electrons. The molecule has 1 amide bonds. The molecule has 0 aliphatic carbocycles. The van der Waals surface area contributed by atoms with E-state index in [-0.39, 0.29) is 12.5 Å². The van der Waals surface area contributed by atoms with Gasteiger partial charge in [0.05, 0.1) is 11.7 Å². The first kappa shape index (κ1) is 21.4. The molecule has 6 heteroatoms. The maximum atomic E-state index is 13.4. The van der Waals surface area contributed by atoms with Crippen molar-refractivity contribution in [3.8, 4) is 5.75 Å². The second-order valence-electron chi connectivity index (χ2n) is 8.26. The number of hydrogen-bond donors (Lipinski definition) is 2. The highest BCUT2D eigenvalue weighted by Crippen LogP contribution is 2.24. The van der Waals surface area contributed by atoms with Crippen molar-refractivity contribution < 1.29 is 19.7 Å². The van der Waals surface area contributed by atoms with E-state index in [9.17, 15) is 15.0 Å². The van der Waals surface area contributed by atoms with E-state index >= 15 is 0 Å². The van der Waals surface area contributed by atoms with Gasteiger partial charge in [-0.15, -0.1) is 0 Å². The van der Waals surface area contributed by atoms with Crippen molar-refractivity contribution in [3.05, 3.63) is 65.9 Å². The molecule has 0 spiro atoms. The fourth-order valence-corrected chi connectivity index (χ4v) is 4.23.